The minimum atomic E-state index is -0.262. The summed E-state index contributed by atoms with van der Waals surface area (Å²) in [5.74, 6) is 1.68. The quantitative estimate of drug-likeness (QED) is 0.541. The first-order valence-corrected chi connectivity index (χ1v) is 12.3. The van der Waals surface area contributed by atoms with E-state index < -0.39 is 0 Å². The van der Waals surface area contributed by atoms with Crippen molar-refractivity contribution >= 4 is 11.7 Å². The molecule has 0 unspecified atom stereocenters. The smallest absolute Gasteiger partial charge is 0.225 e. The molecule has 0 saturated carbocycles. The van der Waals surface area contributed by atoms with Gasteiger partial charge in [0.15, 0.2) is 5.82 Å². The van der Waals surface area contributed by atoms with Crippen molar-refractivity contribution in [2.24, 2.45) is 11.8 Å². The molecule has 5 nitrogen and oxygen atoms in total. The topological polar surface area (TPSA) is 49.3 Å². The molecule has 0 aliphatic carbocycles. The van der Waals surface area contributed by atoms with E-state index in [1.165, 1.54) is 17.7 Å². The highest BCUT2D eigenvalue weighted by Gasteiger charge is 2.31. The molecule has 3 heterocycles. The molecule has 2 saturated heterocycles. The Morgan fingerprint density at radius 2 is 1.53 bits per heavy atom. The van der Waals surface area contributed by atoms with Crippen LogP contribution in [0.2, 0.25) is 0 Å². The van der Waals surface area contributed by atoms with Gasteiger partial charge in [0.25, 0.3) is 0 Å². The lowest BCUT2D eigenvalue weighted by Gasteiger charge is -2.37. The Kier molecular flexibility index (Phi) is 6.84. The van der Waals surface area contributed by atoms with Crippen molar-refractivity contribution in [1.29, 1.82) is 0 Å². The van der Waals surface area contributed by atoms with E-state index in [0.29, 0.717) is 11.8 Å². The summed E-state index contributed by atoms with van der Waals surface area (Å²) >= 11 is 0. The molecule has 176 valence electrons. The first kappa shape index (κ1) is 22.5. The Hall–Kier alpha value is -3.28. The van der Waals surface area contributed by atoms with E-state index in [-0.39, 0.29) is 11.7 Å². The second kappa shape index (κ2) is 10.3. The van der Waals surface area contributed by atoms with Crippen LogP contribution < -0.4 is 4.90 Å². The van der Waals surface area contributed by atoms with Crippen molar-refractivity contribution in [3.05, 3.63) is 78.1 Å². The first-order valence-electron chi connectivity index (χ1n) is 12.3. The summed E-state index contributed by atoms with van der Waals surface area (Å²) in [6, 6.07) is 20.8. The number of carbonyl (C=O) groups is 1. The fourth-order valence-corrected chi connectivity index (χ4v) is 5.19. The lowest BCUT2D eigenvalue weighted by atomic mass is 9.88. The van der Waals surface area contributed by atoms with E-state index in [1.54, 1.807) is 12.1 Å². The van der Waals surface area contributed by atoms with Crippen LogP contribution in [-0.4, -0.2) is 47.2 Å². The number of nitrogens with zero attached hydrogens (tertiary/aromatic N) is 4. The van der Waals surface area contributed by atoms with Gasteiger partial charge in [-0.1, -0.05) is 30.3 Å². The summed E-state index contributed by atoms with van der Waals surface area (Å²) < 4.78 is 13.1. The fraction of sp³-hybridized carbons (Fsp3) is 0.393. The van der Waals surface area contributed by atoms with Gasteiger partial charge in [0.05, 0.1) is 5.69 Å². The van der Waals surface area contributed by atoms with Crippen LogP contribution in [0.3, 0.4) is 0 Å². The average Bonchev–Trinajstić information content (AvgIpc) is 2.90. The Morgan fingerprint density at radius 3 is 2.18 bits per heavy atom. The molecule has 0 atom stereocenters. The molecule has 0 bridgehead atoms. The summed E-state index contributed by atoms with van der Waals surface area (Å²) in [7, 11) is 0. The zero-order valence-electron chi connectivity index (χ0n) is 19.4. The van der Waals surface area contributed by atoms with Gasteiger partial charge in [0.1, 0.15) is 5.82 Å². The van der Waals surface area contributed by atoms with Gasteiger partial charge in [0, 0.05) is 37.7 Å². The molecule has 1 aromatic heterocycles. The zero-order valence-corrected chi connectivity index (χ0v) is 19.4. The molecule has 3 aromatic rings. The summed E-state index contributed by atoms with van der Waals surface area (Å²) in [5, 5.41) is 8.72. The van der Waals surface area contributed by atoms with Crippen LogP contribution in [0.1, 0.15) is 31.2 Å². The molecule has 2 aliphatic rings. The minimum Gasteiger partial charge on any atom is -0.355 e. The highest BCUT2D eigenvalue weighted by Crippen LogP contribution is 2.27. The van der Waals surface area contributed by atoms with Crippen LogP contribution in [0.25, 0.3) is 11.3 Å². The third kappa shape index (κ3) is 5.27. The van der Waals surface area contributed by atoms with E-state index in [4.69, 9.17) is 0 Å². The number of carbonyl (C=O) groups excluding carboxylic acids is 1. The standard InChI is InChI=1S/C28H31FN4O/c29-25-8-6-23(7-9-25)26-10-11-27(31-30-26)32-18-14-24(15-19-32)28(34)33-16-12-22(13-17-33)20-21-4-2-1-3-5-21/h1-11,22,24H,12-20H2. The molecule has 2 aromatic carbocycles. The zero-order chi connectivity index (χ0) is 23.3. The van der Waals surface area contributed by atoms with Gasteiger partial charge in [-0.05, 0) is 80.0 Å². The Morgan fingerprint density at radius 1 is 0.824 bits per heavy atom. The fourth-order valence-electron chi connectivity index (χ4n) is 5.19. The van der Waals surface area contributed by atoms with Gasteiger partial charge < -0.3 is 9.80 Å². The highest BCUT2D eigenvalue weighted by atomic mass is 19.1. The van der Waals surface area contributed by atoms with E-state index in [1.807, 2.05) is 12.1 Å². The number of likely N-dealkylation sites (tertiary alicyclic amines) is 1. The van der Waals surface area contributed by atoms with Gasteiger partial charge in [-0.25, -0.2) is 4.39 Å². The van der Waals surface area contributed by atoms with E-state index >= 15 is 0 Å². The van der Waals surface area contributed by atoms with Gasteiger partial charge in [-0.3, -0.25) is 4.79 Å². The molecule has 0 spiro atoms. The Balaban J connectivity index is 1.10. The Bertz CT molecular complexity index is 1070. The molecule has 0 N–H and O–H groups in total. The number of halogens is 1. The van der Waals surface area contributed by atoms with Gasteiger partial charge in [-0.2, -0.15) is 0 Å². The minimum absolute atomic E-state index is 0.105. The Labute approximate surface area is 200 Å². The predicted molar refractivity (Wildman–Crippen MR) is 132 cm³/mol. The molecule has 6 heteroatoms. The third-order valence-electron chi connectivity index (χ3n) is 7.25. The molecule has 2 aliphatic heterocycles. The van der Waals surface area contributed by atoms with Crippen molar-refractivity contribution < 1.29 is 9.18 Å². The van der Waals surface area contributed by atoms with Crippen LogP contribution in [-0.2, 0) is 11.2 Å². The van der Waals surface area contributed by atoms with Crippen LogP contribution >= 0.6 is 0 Å². The lowest BCUT2D eigenvalue weighted by Crippen LogP contribution is -2.45. The van der Waals surface area contributed by atoms with Crippen molar-refractivity contribution in [2.45, 2.75) is 32.1 Å². The third-order valence-corrected chi connectivity index (χ3v) is 7.25. The predicted octanol–water partition coefficient (Wildman–Crippen LogP) is 4.98. The second-order valence-electron chi connectivity index (χ2n) is 9.50. The molecular weight excluding hydrogens is 427 g/mol. The lowest BCUT2D eigenvalue weighted by molar-refractivity contribution is -0.137. The van der Waals surface area contributed by atoms with Gasteiger partial charge in [-0.15, -0.1) is 10.2 Å². The van der Waals surface area contributed by atoms with E-state index in [2.05, 4.69) is 50.3 Å². The number of piperidine rings is 2. The van der Waals surface area contributed by atoms with Crippen molar-refractivity contribution in [3.63, 3.8) is 0 Å². The molecule has 5 rings (SSSR count). The van der Waals surface area contributed by atoms with Crippen LogP contribution in [0.15, 0.2) is 66.7 Å². The summed E-state index contributed by atoms with van der Waals surface area (Å²) in [6.07, 6.45) is 5.00. The van der Waals surface area contributed by atoms with Gasteiger partial charge in [0.2, 0.25) is 5.91 Å². The molecule has 2 fully saturated rings. The highest BCUT2D eigenvalue weighted by molar-refractivity contribution is 5.79. The number of hydrogen-bond donors (Lipinski definition) is 0. The van der Waals surface area contributed by atoms with Crippen molar-refractivity contribution in [2.75, 3.05) is 31.1 Å². The number of anilines is 1. The maximum atomic E-state index is 13.1. The maximum Gasteiger partial charge on any atom is 0.225 e. The van der Waals surface area contributed by atoms with E-state index in [9.17, 15) is 9.18 Å². The van der Waals surface area contributed by atoms with Crippen molar-refractivity contribution in [3.8, 4) is 11.3 Å². The number of rotatable bonds is 5. The molecule has 34 heavy (non-hydrogen) atoms. The SMILES string of the molecule is O=C(C1CCN(c2ccc(-c3ccc(F)cc3)nn2)CC1)N1CCC(Cc2ccccc2)CC1. The molecular formula is C28H31FN4O. The molecule has 1 amide bonds. The number of benzene rings is 2. The average molecular weight is 459 g/mol. The molecule has 0 radical (unpaired) electrons. The number of aromatic nitrogens is 2. The largest absolute Gasteiger partial charge is 0.355 e. The van der Waals surface area contributed by atoms with Gasteiger partial charge >= 0.3 is 0 Å². The van der Waals surface area contributed by atoms with Crippen LogP contribution in [0, 0.1) is 17.7 Å². The van der Waals surface area contributed by atoms with Crippen LogP contribution in [0.5, 0.6) is 0 Å². The first-order chi connectivity index (χ1) is 16.7. The van der Waals surface area contributed by atoms with Crippen LogP contribution in [0.4, 0.5) is 10.2 Å². The summed E-state index contributed by atoms with van der Waals surface area (Å²) in [6.45, 7) is 3.39. The maximum absolute atomic E-state index is 13.1. The van der Waals surface area contributed by atoms with E-state index in [0.717, 1.165) is 75.4 Å². The normalized spacial score (nSPS) is 17.7. The second-order valence-corrected chi connectivity index (χ2v) is 9.50. The van der Waals surface area contributed by atoms with Crippen molar-refractivity contribution in [1.82, 2.24) is 15.1 Å². The number of hydrogen-bond acceptors (Lipinski definition) is 4. The summed E-state index contributed by atoms with van der Waals surface area (Å²) in [5.41, 5.74) is 2.97. The summed E-state index contributed by atoms with van der Waals surface area (Å²) in [4.78, 5) is 17.4. The monoisotopic (exact) mass is 458 g/mol. The number of amides is 1.